The van der Waals surface area contributed by atoms with Crippen molar-refractivity contribution in [2.75, 3.05) is 31.1 Å². The predicted octanol–water partition coefficient (Wildman–Crippen LogP) is 1.56. The number of hydrazine groups is 1. The average Bonchev–Trinajstić information content (AvgIpc) is 2.60. The zero-order chi connectivity index (χ0) is 17.5. The van der Waals surface area contributed by atoms with Crippen molar-refractivity contribution in [3.63, 3.8) is 0 Å². The summed E-state index contributed by atoms with van der Waals surface area (Å²) in [6.45, 7) is 4.21. The Kier molecular flexibility index (Phi) is 6.39. The molecule has 0 bridgehead atoms. The number of piperazine rings is 1. The molecule has 130 valence electrons. The number of anilines is 1. The molecule has 0 saturated carbocycles. The van der Waals surface area contributed by atoms with E-state index in [1.807, 2.05) is 24.3 Å². The van der Waals surface area contributed by atoms with Crippen molar-refractivity contribution in [2.45, 2.75) is 13.3 Å². The number of carbonyl (C=O) groups excluding carboxylic acids is 1. The van der Waals surface area contributed by atoms with Crippen molar-refractivity contribution >= 4 is 34.6 Å². The molecule has 1 amide bonds. The molecule has 1 aliphatic heterocycles. The van der Waals surface area contributed by atoms with E-state index in [9.17, 15) is 4.79 Å². The molecule has 1 aliphatic rings. The van der Waals surface area contributed by atoms with Gasteiger partial charge in [0.15, 0.2) is 5.71 Å². The van der Waals surface area contributed by atoms with Crippen LogP contribution in [0.5, 0.6) is 0 Å². The zero-order valence-corrected chi connectivity index (χ0v) is 14.1. The summed E-state index contributed by atoms with van der Waals surface area (Å²) in [5.74, 6) is -0.517. The number of rotatable bonds is 5. The minimum atomic E-state index is -0.517. The number of oxime groups is 2. The second kappa shape index (κ2) is 8.51. The van der Waals surface area contributed by atoms with Gasteiger partial charge in [0.1, 0.15) is 0 Å². The zero-order valence-electron chi connectivity index (χ0n) is 13.3. The molecular weight excluding hydrogens is 334 g/mol. The van der Waals surface area contributed by atoms with Gasteiger partial charge >= 0.3 is 0 Å². The molecule has 1 aromatic rings. The van der Waals surface area contributed by atoms with Gasteiger partial charge < -0.3 is 15.3 Å². The summed E-state index contributed by atoms with van der Waals surface area (Å²) in [6.07, 6.45) is -0.0265. The number of hydrogen-bond donors (Lipinski definition) is 3. The average molecular weight is 354 g/mol. The highest BCUT2D eigenvalue weighted by atomic mass is 35.5. The fourth-order valence-corrected chi connectivity index (χ4v) is 2.58. The van der Waals surface area contributed by atoms with Gasteiger partial charge in [-0.05, 0) is 25.1 Å². The van der Waals surface area contributed by atoms with Crippen LogP contribution >= 0.6 is 11.6 Å². The first kappa shape index (κ1) is 18.0. The van der Waals surface area contributed by atoms with Crippen molar-refractivity contribution < 1.29 is 15.2 Å². The molecule has 0 atom stereocenters. The van der Waals surface area contributed by atoms with E-state index in [0.717, 1.165) is 18.8 Å². The molecule has 1 saturated heterocycles. The van der Waals surface area contributed by atoms with Gasteiger partial charge in [0.05, 0.1) is 5.71 Å². The number of benzene rings is 1. The van der Waals surface area contributed by atoms with Crippen LogP contribution in [-0.4, -0.2) is 58.9 Å². The Hall–Kier alpha value is -2.32. The Labute approximate surface area is 145 Å². The largest absolute Gasteiger partial charge is 0.411 e. The first-order valence-corrected chi connectivity index (χ1v) is 7.86. The normalized spacial score (nSPS) is 17.0. The third-order valence-electron chi connectivity index (χ3n) is 3.69. The van der Waals surface area contributed by atoms with Crippen LogP contribution in [0.25, 0.3) is 0 Å². The van der Waals surface area contributed by atoms with E-state index in [0.29, 0.717) is 18.1 Å². The molecule has 1 aromatic carbocycles. The summed E-state index contributed by atoms with van der Waals surface area (Å²) in [6, 6.07) is 7.63. The third-order valence-corrected chi connectivity index (χ3v) is 3.92. The lowest BCUT2D eigenvalue weighted by Crippen LogP contribution is -2.55. The smallest absolute Gasteiger partial charge is 0.283 e. The van der Waals surface area contributed by atoms with Gasteiger partial charge in [-0.15, -0.1) is 0 Å². The fraction of sp³-hybridized carbons (Fsp3) is 0.400. The number of amides is 1. The van der Waals surface area contributed by atoms with Crippen LogP contribution in [0.1, 0.15) is 13.3 Å². The summed E-state index contributed by atoms with van der Waals surface area (Å²) in [5, 5.41) is 26.0. The topological polar surface area (TPSA) is 101 Å². The highest BCUT2D eigenvalue weighted by molar-refractivity contribution is 6.41. The van der Waals surface area contributed by atoms with Gasteiger partial charge in [-0.3, -0.25) is 10.2 Å². The van der Waals surface area contributed by atoms with Crippen molar-refractivity contribution in [2.24, 2.45) is 10.3 Å². The Balaban J connectivity index is 1.87. The van der Waals surface area contributed by atoms with Crippen LogP contribution in [0.15, 0.2) is 34.6 Å². The van der Waals surface area contributed by atoms with E-state index < -0.39 is 5.91 Å². The first-order valence-electron chi connectivity index (χ1n) is 7.48. The lowest BCUT2D eigenvalue weighted by Gasteiger charge is -2.36. The minimum absolute atomic E-state index is 0.0265. The number of nitrogens with zero attached hydrogens (tertiary/aromatic N) is 4. The Morgan fingerprint density at radius 2 is 1.96 bits per heavy atom. The van der Waals surface area contributed by atoms with E-state index in [4.69, 9.17) is 22.0 Å². The molecule has 1 fully saturated rings. The lowest BCUT2D eigenvalue weighted by molar-refractivity contribution is -0.119. The minimum Gasteiger partial charge on any atom is -0.411 e. The van der Waals surface area contributed by atoms with Gasteiger partial charge in [-0.1, -0.05) is 28.0 Å². The van der Waals surface area contributed by atoms with Gasteiger partial charge in [0, 0.05) is 43.3 Å². The van der Waals surface area contributed by atoms with Crippen LogP contribution < -0.4 is 10.3 Å². The van der Waals surface area contributed by atoms with Crippen molar-refractivity contribution in [3.8, 4) is 0 Å². The Morgan fingerprint density at radius 3 is 2.54 bits per heavy atom. The molecule has 24 heavy (non-hydrogen) atoms. The third kappa shape index (κ3) is 4.84. The molecule has 9 heteroatoms. The van der Waals surface area contributed by atoms with E-state index in [1.165, 1.54) is 6.92 Å². The van der Waals surface area contributed by atoms with Crippen LogP contribution in [0.2, 0.25) is 5.02 Å². The SMILES string of the molecule is C/C(C/C(=N/O)C(=O)NN1CCN(c2cccc(Cl)c2)CC1)=N/O. The molecule has 0 aliphatic carbocycles. The van der Waals surface area contributed by atoms with Crippen LogP contribution in [0.4, 0.5) is 5.69 Å². The van der Waals surface area contributed by atoms with E-state index in [2.05, 4.69) is 20.6 Å². The molecular formula is C15H20ClN5O3. The van der Waals surface area contributed by atoms with Crippen molar-refractivity contribution in [1.82, 2.24) is 10.4 Å². The summed E-state index contributed by atoms with van der Waals surface area (Å²) in [4.78, 5) is 14.3. The number of halogens is 1. The van der Waals surface area contributed by atoms with Gasteiger partial charge in [-0.25, -0.2) is 5.01 Å². The summed E-state index contributed by atoms with van der Waals surface area (Å²) < 4.78 is 0. The highest BCUT2D eigenvalue weighted by Crippen LogP contribution is 2.20. The molecule has 0 radical (unpaired) electrons. The predicted molar refractivity (Wildman–Crippen MR) is 92.1 cm³/mol. The van der Waals surface area contributed by atoms with E-state index in [-0.39, 0.29) is 17.8 Å². The Morgan fingerprint density at radius 1 is 1.25 bits per heavy atom. The maximum Gasteiger partial charge on any atom is 0.283 e. The monoisotopic (exact) mass is 353 g/mol. The van der Waals surface area contributed by atoms with Crippen LogP contribution in [0, 0.1) is 0 Å². The lowest BCUT2D eigenvalue weighted by atomic mass is 10.2. The molecule has 2 rings (SSSR count). The quantitative estimate of drug-likeness (QED) is 0.424. The standard InChI is InChI=1S/C15H20ClN5O3/c1-11(18-23)9-14(19-24)15(22)17-21-7-5-20(6-8-21)13-4-2-3-12(16)10-13/h2-4,10,23-24H,5-9H2,1H3,(H,17,22)/b18-11-,19-14-. The van der Waals surface area contributed by atoms with Crippen LogP contribution in [-0.2, 0) is 4.79 Å². The second-order valence-corrected chi connectivity index (χ2v) is 5.89. The second-order valence-electron chi connectivity index (χ2n) is 5.45. The summed E-state index contributed by atoms with van der Waals surface area (Å²) >= 11 is 6.01. The number of nitrogens with one attached hydrogen (secondary N) is 1. The number of carbonyl (C=O) groups is 1. The van der Waals surface area contributed by atoms with Gasteiger partial charge in [-0.2, -0.15) is 0 Å². The highest BCUT2D eigenvalue weighted by Gasteiger charge is 2.21. The van der Waals surface area contributed by atoms with E-state index in [1.54, 1.807) is 5.01 Å². The first-order chi connectivity index (χ1) is 11.5. The number of hydrogen-bond acceptors (Lipinski definition) is 7. The van der Waals surface area contributed by atoms with E-state index >= 15 is 0 Å². The molecule has 1 heterocycles. The van der Waals surface area contributed by atoms with Gasteiger partial charge in [0.25, 0.3) is 5.91 Å². The molecule has 0 unspecified atom stereocenters. The molecule has 3 N–H and O–H groups in total. The summed E-state index contributed by atoms with van der Waals surface area (Å²) in [5.41, 5.74) is 3.91. The maximum atomic E-state index is 12.1. The Bertz CT molecular complexity index is 642. The maximum absolute atomic E-state index is 12.1. The molecule has 8 nitrogen and oxygen atoms in total. The molecule has 0 spiro atoms. The summed E-state index contributed by atoms with van der Waals surface area (Å²) in [7, 11) is 0. The van der Waals surface area contributed by atoms with Crippen molar-refractivity contribution in [1.29, 1.82) is 0 Å². The van der Waals surface area contributed by atoms with Crippen LogP contribution in [0.3, 0.4) is 0 Å². The van der Waals surface area contributed by atoms with Crippen molar-refractivity contribution in [3.05, 3.63) is 29.3 Å². The van der Waals surface area contributed by atoms with Gasteiger partial charge in [0.2, 0.25) is 0 Å². The molecule has 0 aromatic heterocycles. The fourth-order valence-electron chi connectivity index (χ4n) is 2.40.